The Labute approximate surface area is 153 Å². The summed E-state index contributed by atoms with van der Waals surface area (Å²) in [5.41, 5.74) is 0.992. The molecule has 0 spiro atoms. The third-order valence-electron chi connectivity index (χ3n) is 4.83. The van der Waals surface area contributed by atoms with Crippen molar-refractivity contribution < 1.29 is 9.90 Å². The van der Waals surface area contributed by atoms with Crippen LogP contribution >= 0.6 is 11.3 Å². The highest BCUT2D eigenvalue weighted by molar-refractivity contribution is 7.10. The summed E-state index contributed by atoms with van der Waals surface area (Å²) in [6.07, 6.45) is 1.99. The summed E-state index contributed by atoms with van der Waals surface area (Å²) in [4.78, 5) is 17.8. The largest absolute Gasteiger partial charge is 0.386 e. The van der Waals surface area contributed by atoms with Crippen LogP contribution in [0.4, 0.5) is 5.69 Å². The van der Waals surface area contributed by atoms with Gasteiger partial charge in [-0.1, -0.05) is 31.2 Å². The molecule has 0 bridgehead atoms. The second-order valence-corrected chi connectivity index (χ2v) is 7.50. The standard InChI is InChI=1S/C20H26N2O2S/c1-2-20(24)22(16-7-4-3-5-8-16)17-10-12-21(13-11-17)15-18(23)19-9-6-14-25-19/h3-9,14,17-18,23H,2,10-13,15H2,1H3/t18-/m1/s1. The van der Waals surface area contributed by atoms with Gasteiger partial charge in [-0.3, -0.25) is 4.79 Å². The Morgan fingerprint density at radius 3 is 2.56 bits per heavy atom. The number of hydrogen-bond acceptors (Lipinski definition) is 4. The van der Waals surface area contributed by atoms with Crippen LogP contribution in [0, 0.1) is 0 Å². The van der Waals surface area contributed by atoms with Crippen LogP contribution < -0.4 is 4.90 Å². The molecule has 1 aromatic heterocycles. The number of para-hydroxylation sites is 1. The van der Waals surface area contributed by atoms with Gasteiger partial charge >= 0.3 is 0 Å². The van der Waals surface area contributed by atoms with Crippen LogP contribution in [0.2, 0.25) is 0 Å². The molecule has 134 valence electrons. The number of hydrogen-bond donors (Lipinski definition) is 1. The van der Waals surface area contributed by atoms with Crippen LogP contribution in [0.3, 0.4) is 0 Å². The molecule has 1 fully saturated rings. The van der Waals surface area contributed by atoms with Gasteiger partial charge in [-0.05, 0) is 36.4 Å². The van der Waals surface area contributed by atoms with Gasteiger partial charge in [0.2, 0.25) is 5.91 Å². The summed E-state index contributed by atoms with van der Waals surface area (Å²) in [7, 11) is 0. The molecule has 1 N–H and O–H groups in total. The van der Waals surface area contributed by atoms with E-state index in [4.69, 9.17) is 0 Å². The molecule has 0 saturated carbocycles. The number of carbonyl (C=O) groups is 1. The smallest absolute Gasteiger partial charge is 0.226 e. The lowest BCUT2D eigenvalue weighted by Crippen LogP contribution is -2.48. The maximum Gasteiger partial charge on any atom is 0.226 e. The number of aliphatic hydroxyl groups excluding tert-OH is 1. The topological polar surface area (TPSA) is 43.8 Å². The number of aliphatic hydroxyl groups is 1. The molecule has 0 radical (unpaired) electrons. The van der Waals surface area contributed by atoms with E-state index in [0.717, 1.165) is 36.5 Å². The predicted octanol–water partition coefficient (Wildman–Crippen LogP) is 3.69. The third-order valence-corrected chi connectivity index (χ3v) is 5.80. The molecule has 0 unspecified atom stereocenters. The molecular weight excluding hydrogens is 332 g/mol. The number of nitrogens with zero attached hydrogens (tertiary/aromatic N) is 2. The first-order valence-corrected chi connectivity index (χ1v) is 9.88. The van der Waals surface area contributed by atoms with E-state index in [1.54, 1.807) is 11.3 Å². The van der Waals surface area contributed by atoms with Crippen molar-refractivity contribution in [1.82, 2.24) is 4.90 Å². The maximum absolute atomic E-state index is 12.5. The third kappa shape index (κ3) is 4.48. The van der Waals surface area contributed by atoms with E-state index in [-0.39, 0.29) is 11.9 Å². The Morgan fingerprint density at radius 2 is 1.96 bits per heavy atom. The molecule has 4 nitrogen and oxygen atoms in total. The zero-order valence-corrected chi connectivity index (χ0v) is 15.5. The second-order valence-electron chi connectivity index (χ2n) is 6.52. The summed E-state index contributed by atoms with van der Waals surface area (Å²) >= 11 is 1.60. The lowest BCUT2D eigenvalue weighted by atomic mass is 10.0. The fraction of sp³-hybridized carbons (Fsp3) is 0.450. The first-order chi connectivity index (χ1) is 12.2. The average molecular weight is 359 g/mol. The minimum atomic E-state index is -0.418. The van der Waals surface area contributed by atoms with Crippen LogP contribution in [0.5, 0.6) is 0 Å². The van der Waals surface area contributed by atoms with Crippen molar-refractivity contribution in [3.05, 3.63) is 52.7 Å². The van der Waals surface area contributed by atoms with Crippen LogP contribution in [0.1, 0.15) is 37.2 Å². The number of anilines is 1. The number of amides is 1. The molecule has 25 heavy (non-hydrogen) atoms. The highest BCUT2D eigenvalue weighted by Crippen LogP contribution is 2.26. The summed E-state index contributed by atoms with van der Waals surface area (Å²) in [5.74, 6) is 0.184. The molecule has 1 aliphatic heterocycles. The van der Waals surface area contributed by atoms with E-state index in [1.165, 1.54) is 0 Å². The minimum absolute atomic E-state index is 0.184. The van der Waals surface area contributed by atoms with Gasteiger partial charge < -0.3 is 14.9 Å². The molecule has 1 amide bonds. The van der Waals surface area contributed by atoms with Gasteiger partial charge in [0.25, 0.3) is 0 Å². The van der Waals surface area contributed by atoms with Gasteiger partial charge in [-0.25, -0.2) is 0 Å². The molecule has 5 heteroatoms. The highest BCUT2D eigenvalue weighted by atomic mass is 32.1. The van der Waals surface area contributed by atoms with E-state index in [2.05, 4.69) is 4.90 Å². The number of β-amino-alcohol motifs (C(OH)–C–C–N with tert-alkyl or cyclic N) is 1. The quantitative estimate of drug-likeness (QED) is 0.856. The van der Waals surface area contributed by atoms with Gasteiger partial charge in [0, 0.05) is 42.7 Å². The number of piperidine rings is 1. The molecular formula is C20H26N2O2S. The zero-order valence-electron chi connectivity index (χ0n) is 14.7. The van der Waals surface area contributed by atoms with Crippen LogP contribution in [0.25, 0.3) is 0 Å². The number of carbonyl (C=O) groups excluding carboxylic acids is 1. The van der Waals surface area contributed by atoms with Gasteiger partial charge in [0.1, 0.15) is 6.10 Å². The first-order valence-electron chi connectivity index (χ1n) is 9.00. The summed E-state index contributed by atoms with van der Waals surface area (Å²) in [6.45, 7) is 4.41. The van der Waals surface area contributed by atoms with E-state index in [9.17, 15) is 9.90 Å². The number of likely N-dealkylation sites (tertiary alicyclic amines) is 1. The summed E-state index contributed by atoms with van der Waals surface area (Å²) in [6, 6.07) is 14.2. The van der Waals surface area contributed by atoms with Crippen LogP contribution in [0.15, 0.2) is 47.8 Å². The van der Waals surface area contributed by atoms with Crippen molar-refractivity contribution in [3.8, 4) is 0 Å². The van der Waals surface area contributed by atoms with Gasteiger partial charge in [-0.15, -0.1) is 11.3 Å². The Balaban J connectivity index is 1.60. The predicted molar refractivity (Wildman–Crippen MR) is 103 cm³/mol. The van der Waals surface area contributed by atoms with Gasteiger partial charge in [0.15, 0.2) is 0 Å². The van der Waals surface area contributed by atoms with E-state index in [0.29, 0.717) is 13.0 Å². The monoisotopic (exact) mass is 358 g/mol. The molecule has 2 heterocycles. The Kier molecular flexibility index (Phi) is 6.24. The lowest BCUT2D eigenvalue weighted by Gasteiger charge is -2.39. The molecule has 1 aromatic carbocycles. The first kappa shape index (κ1) is 18.1. The Morgan fingerprint density at radius 1 is 1.24 bits per heavy atom. The maximum atomic E-state index is 12.5. The number of thiophene rings is 1. The molecule has 1 aliphatic rings. The van der Waals surface area contributed by atoms with E-state index < -0.39 is 6.10 Å². The van der Waals surface area contributed by atoms with Crippen molar-refractivity contribution in [2.75, 3.05) is 24.5 Å². The average Bonchev–Trinajstić information content (AvgIpc) is 3.19. The van der Waals surface area contributed by atoms with Gasteiger partial charge in [-0.2, -0.15) is 0 Å². The fourth-order valence-corrected chi connectivity index (χ4v) is 4.20. The van der Waals surface area contributed by atoms with Crippen molar-refractivity contribution >= 4 is 22.9 Å². The van der Waals surface area contributed by atoms with Crippen molar-refractivity contribution in [2.24, 2.45) is 0 Å². The minimum Gasteiger partial charge on any atom is -0.386 e. The second kappa shape index (κ2) is 8.61. The molecule has 1 atom stereocenters. The molecule has 1 saturated heterocycles. The van der Waals surface area contributed by atoms with Crippen molar-refractivity contribution in [3.63, 3.8) is 0 Å². The Hall–Kier alpha value is -1.69. The zero-order chi connectivity index (χ0) is 17.6. The lowest BCUT2D eigenvalue weighted by molar-refractivity contribution is -0.119. The molecule has 2 aromatic rings. The summed E-state index contributed by atoms with van der Waals surface area (Å²) in [5, 5.41) is 12.3. The number of rotatable bonds is 6. The molecule has 3 rings (SSSR count). The van der Waals surface area contributed by atoms with Crippen LogP contribution in [-0.4, -0.2) is 41.6 Å². The normalized spacial score (nSPS) is 17.4. The van der Waals surface area contributed by atoms with E-state index in [1.807, 2.05) is 59.7 Å². The Bertz CT molecular complexity index is 652. The highest BCUT2D eigenvalue weighted by Gasteiger charge is 2.29. The fourth-order valence-electron chi connectivity index (χ4n) is 3.49. The van der Waals surface area contributed by atoms with E-state index >= 15 is 0 Å². The molecule has 0 aliphatic carbocycles. The van der Waals surface area contributed by atoms with Crippen molar-refractivity contribution in [2.45, 2.75) is 38.3 Å². The van der Waals surface area contributed by atoms with Crippen LogP contribution in [-0.2, 0) is 4.79 Å². The SMILES string of the molecule is CCC(=O)N(c1ccccc1)C1CCN(C[C@@H](O)c2cccs2)CC1. The summed E-state index contributed by atoms with van der Waals surface area (Å²) < 4.78 is 0. The van der Waals surface area contributed by atoms with Crippen molar-refractivity contribution in [1.29, 1.82) is 0 Å². The number of benzene rings is 1. The van der Waals surface area contributed by atoms with Gasteiger partial charge in [0.05, 0.1) is 0 Å².